The van der Waals surface area contributed by atoms with Gasteiger partial charge in [0, 0.05) is 12.4 Å². The topological polar surface area (TPSA) is 12.9 Å². The fourth-order valence-electron chi connectivity index (χ4n) is 2.53. The molecule has 0 saturated carbocycles. The molecule has 2 atom stereocenters. The van der Waals surface area contributed by atoms with Crippen molar-refractivity contribution < 1.29 is 0 Å². The molecule has 0 radical (unpaired) electrons. The lowest BCUT2D eigenvalue weighted by molar-refractivity contribution is 0.618. The summed E-state index contributed by atoms with van der Waals surface area (Å²) in [7, 11) is 0. The van der Waals surface area contributed by atoms with Gasteiger partial charge in [-0.3, -0.25) is 4.98 Å². The molecule has 1 aromatic heterocycles. The molecular weight excluding hydrogens is 206 g/mol. The van der Waals surface area contributed by atoms with Crippen LogP contribution in [0.3, 0.4) is 0 Å². The zero-order chi connectivity index (χ0) is 12.3. The molecule has 0 fully saturated rings. The van der Waals surface area contributed by atoms with Crippen LogP contribution in [-0.2, 0) is 6.42 Å². The molecule has 1 heterocycles. The Bertz CT molecular complexity index is 428. The molecular formula is C16H21N. The van der Waals surface area contributed by atoms with Crippen molar-refractivity contribution >= 4 is 0 Å². The van der Waals surface area contributed by atoms with Crippen molar-refractivity contribution in [1.29, 1.82) is 0 Å². The van der Waals surface area contributed by atoms with E-state index in [9.17, 15) is 0 Å². The average molecular weight is 227 g/mol. The highest BCUT2D eigenvalue weighted by Crippen LogP contribution is 2.30. The Morgan fingerprint density at radius 1 is 1.47 bits per heavy atom. The minimum atomic E-state index is 0.582. The molecule has 1 nitrogen and oxygen atoms in total. The van der Waals surface area contributed by atoms with E-state index in [1.807, 2.05) is 18.5 Å². The van der Waals surface area contributed by atoms with Crippen LogP contribution in [0, 0.1) is 11.8 Å². The summed E-state index contributed by atoms with van der Waals surface area (Å²) in [5.74, 6) is 1.28. The predicted octanol–water partition coefficient (Wildman–Crippen LogP) is 4.17. The Hall–Kier alpha value is -1.37. The van der Waals surface area contributed by atoms with Crippen LogP contribution in [0.25, 0.3) is 0 Å². The molecule has 0 aliphatic heterocycles. The zero-order valence-corrected chi connectivity index (χ0v) is 11.0. The third-order valence-corrected chi connectivity index (χ3v) is 3.78. The van der Waals surface area contributed by atoms with Crippen molar-refractivity contribution in [3.8, 4) is 0 Å². The first-order valence-corrected chi connectivity index (χ1v) is 6.44. The van der Waals surface area contributed by atoms with Crippen molar-refractivity contribution in [3.63, 3.8) is 0 Å². The van der Waals surface area contributed by atoms with E-state index in [1.54, 1.807) is 5.57 Å². The normalized spacial score (nSPS) is 21.7. The van der Waals surface area contributed by atoms with Crippen molar-refractivity contribution in [2.45, 2.75) is 33.6 Å². The fraction of sp³-hybridized carbons (Fsp3) is 0.438. The predicted molar refractivity (Wildman–Crippen MR) is 72.7 cm³/mol. The molecule has 2 rings (SSSR count). The van der Waals surface area contributed by atoms with Crippen molar-refractivity contribution in [2.75, 3.05) is 0 Å². The summed E-state index contributed by atoms with van der Waals surface area (Å²) >= 11 is 0. The number of rotatable bonds is 3. The molecule has 0 N–H and O–H groups in total. The van der Waals surface area contributed by atoms with Crippen LogP contribution in [0.4, 0.5) is 0 Å². The maximum atomic E-state index is 4.18. The average Bonchev–Trinajstić information content (AvgIpc) is 2.34. The molecule has 0 aromatic carbocycles. The Labute approximate surface area is 104 Å². The second kappa shape index (κ2) is 5.31. The molecule has 0 spiro atoms. The van der Waals surface area contributed by atoms with E-state index in [0.717, 1.165) is 6.42 Å². The van der Waals surface area contributed by atoms with E-state index in [1.165, 1.54) is 17.6 Å². The lowest BCUT2D eigenvalue weighted by Gasteiger charge is -2.23. The highest BCUT2D eigenvalue weighted by Gasteiger charge is 2.16. The highest BCUT2D eigenvalue weighted by atomic mass is 14.6. The summed E-state index contributed by atoms with van der Waals surface area (Å²) < 4.78 is 0. The summed E-state index contributed by atoms with van der Waals surface area (Å²) in [5, 5.41) is 0. The lowest BCUT2D eigenvalue weighted by atomic mass is 9.82. The highest BCUT2D eigenvalue weighted by molar-refractivity contribution is 5.33. The van der Waals surface area contributed by atoms with Gasteiger partial charge in [0.15, 0.2) is 0 Å². The van der Waals surface area contributed by atoms with Gasteiger partial charge in [0.2, 0.25) is 0 Å². The van der Waals surface area contributed by atoms with Crippen LogP contribution < -0.4 is 0 Å². The van der Waals surface area contributed by atoms with Gasteiger partial charge in [-0.1, -0.05) is 37.6 Å². The van der Waals surface area contributed by atoms with Gasteiger partial charge in [-0.2, -0.15) is 0 Å². The number of nitrogens with zero attached hydrogens (tertiary/aromatic N) is 1. The third kappa shape index (κ3) is 2.85. The number of hydrogen-bond acceptors (Lipinski definition) is 1. The largest absolute Gasteiger partial charge is 0.264 e. The second-order valence-electron chi connectivity index (χ2n) is 5.14. The van der Waals surface area contributed by atoms with Gasteiger partial charge in [-0.05, 0) is 48.8 Å². The maximum absolute atomic E-state index is 4.18. The van der Waals surface area contributed by atoms with E-state index < -0.39 is 0 Å². The maximum Gasteiger partial charge on any atom is 0.0300 e. The summed E-state index contributed by atoms with van der Waals surface area (Å²) in [4.78, 5) is 4.18. The first kappa shape index (κ1) is 12.1. The van der Waals surface area contributed by atoms with Crippen LogP contribution in [0.15, 0.2) is 47.8 Å². The summed E-state index contributed by atoms with van der Waals surface area (Å²) in [6.45, 7) is 6.91. The van der Waals surface area contributed by atoms with Crippen LogP contribution in [0.5, 0.6) is 0 Å². The van der Waals surface area contributed by atoms with Gasteiger partial charge >= 0.3 is 0 Å². The molecule has 0 amide bonds. The van der Waals surface area contributed by atoms with Crippen LogP contribution in [0.2, 0.25) is 0 Å². The Kier molecular flexibility index (Phi) is 3.78. The van der Waals surface area contributed by atoms with E-state index in [-0.39, 0.29) is 0 Å². The van der Waals surface area contributed by atoms with Gasteiger partial charge in [0.05, 0.1) is 0 Å². The molecule has 2 unspecified atom stereocenters. The van der Waals surface area contributed by atoms with Gasteiger partial charge < -0.3 is 0 Å². The second-order valence-corrected chi connectivity index (χ2v) is 5.14. The quantitative estimate of drug-likeness (QED) is 0.755. The fourth-order valence-corrected chi connectivity index (χ4v) is 2.53. The molecule has 1 heteroatoms. The van der Waals surface area contributed by atoms with E-state index >= 15 is 0 Å². The van der Waals surface area contributed by atoms with E-state index in [0.29, 0.717) is 11.8 Å². The summed E-state index contributed by atoms with van der Waals surface area (Å²) in [5.41, 5.74) is 4.41. The summed E-state index contributed by atoms with van der Waals surface area (Å²) in [6.07, 6.45) is 10.7. The Balaban J connectivity index is 2.13. The SMILES string of the molecule is CC1=C(C(C)Cc2cccnc2)C=CCC1C. The molecule has 90 valence electrons. The van der Waals surface area contributed by atoms with Gasteiger partial charge in [-0.15, -0.1) is 0 Å². The number of aromatic nitrogens is 1. The minimum absolute atomic E-state index is 0.582. The lowest BCUT2D eigenvalue weighted by Crippen LogP contribution is -2.10. The molecule has 17 heavy (non-hydrogen) atoms. The van der Waals surface area contributed by atoms with Crippen molar-refractivity contribution in [2.24, 2.45) is 11.8 Å². The zero-order valence-electron chi connectivity index (χ0n) is 11.0. The monoisotopic (exact) mass is 227 g/mol. The summed E-state index contributed by atoms with van der Waals surface area (Å²) in [6, 6.07) is 4.18. The molecule has 1 aliphatic carbocycles. The smallest absolute Gasteiger partial charge is 0.0300 e. The van der Waals surface area contributed by atoms with Gasteiger partial charge in [0.1, 0.15) is 0 Å². The number of pyridine rings is 1. The van der Waals surface area contributed by atoms with Crippen molar-refractivity contribution in [1.82, 2.24) is 4.98 Å². The molecule has 1 aliphatic rings. The molecule has 1 aromatic rings. The first-order chi connectivity index (χ1) is 8.18. The van der Waals surface area contributed by atoms with E-state index in [4.69, 9.17) is 0 Å². The minimum Gasteiger partial charge on any atom is -0.264 e. The van der Waals surface area contributed by atoms with Gasteiger partial charge in [0.25, 0.3) is 0 Å². The number of allylic oxidation sites excluding steroid dienone is 4. The van der Waals surface area contributed by atoms with Crippen LogP contribution in [-0.4, -0.2) is 4.98 Å². The van der Waals surface area contributed by atoms with Crippen LogP contribution >= 0.6 is 0 Å². The first-order valence-electron chi connectivity index (χ1n) is 6.44. The molecule has 0 bridgehead atoms. The third-order valence-electron chi connectivity index (χ3n) is 3.78. The Morgan fingerprint density at radius 3 is 3.00 bits per heavy atom. The standard InChI is InChI=1S/C16H21N/c1-12-6-4-8-16(14(12)3)13(2)10-15-7-5-9-17-11-15/h4-5,7-9,11-13H,6,10H2,1-3H3. The van der Waals surface area contributed by atoms with Crippen LogP contribution in [0.1, 0.15) is 32.8 Å². The van der Waals surface area contributed by atoms with Crippen molar-refractivity contribution in [3.05, 3.63) is 53.4 Å². The van der Waals surface area contributed by atoms with E-state index in [2.05, 4.69) is 44.0 Å². The molecule has 0 saturated heterocycles. The Morgan fingerprint density at radius 2 is 2.29 bits per heavy atom. The number of hydrogen-bond donors (Lipinski definition) is 0. The van der Waals surface area contributed by atoms with Gasteiger partial charge in [-0.25, -0.2) is 0 Å².